The monoisotopic (exact) mass is 292 g/mol. The molecule has 1 heterocycles. The molecule has 0 bridgehead atoms. The van der Waals surface area contributed by atoms with Crippen LogP contribution >= 0.6 is 0 Å². The summed E-state index contributed by atoms with van der Waals surface area (Å²) in [4.78, 5) is 4.00. The molecule has 0 radical (unpaired) electrons. The van der Waals surface area contributed by atoms with Crippen molar-refractivity contribution in [2.24, 2.45) is 0 Å². The lowest BCUT2D eigenvalue weighted by Gasteiger charge is -2.13. The lowest BCUT2D eigenvalue weighted by molar-refractivity contribution is -0.137. The molecule has 0 atom stereocenters. The van der Waals surface area contributed by atoms with Crippen LogP contribution in [0.2, 0.25) is 0 Å². The number of alkyl halides is 3. The zero-order chi connectivity index (χ0) is 15.5. The molecule has 2 aromatic rings. The lowest BCUT2D eigenvalue weighted by Crippen LogP contribution is -2.05. The number of hydrogen-bond donors (Lipinski definition) is 0. The normalized spacial score (nSPS) is 11.0. The first-order chi connectivity index (χ1) is 9.97. The molecular formula is C15H11F3N2O. The van der Waals surface area contributed by atoms with Crippen LogP contribution in [0.25, 0.3) is 11.1 Å². The molecule has 108 valence electrons. The second kappa shape index (κ2) is 5.83. The van der Waals surface area contributed by atoms with Gasteiger partial charge in [0.15, 0.2) is 0 Å². The van der Waals surface area contributed by atoms with E-state index in [4.69, 9.17) is 10.00 Å². The van der Waals surface area contributed by atoms with Gasteiger partial charge >= 0.3 is 6.18 Å². The predicted octanol–water partition coefficient (Wildman–Crippen LogP) is 3.84. The van der Waals surface area contributed by atoms with Gasteiger partial charge in [0.1, 0.15) is 0 Å². The fourth-order valence-electron chi connectivity index (χ4n) is 2.03. The average molecular weight is 292 g/mol. The van der Waals surface area contributed by atoms with Gasteiger partial charge in [-0.1, -0.05) is 12.1 Å². The highest BCUT2D eigenvalue weighted by molar-refractivity contribution is 5.73. The first kappa shape index (κ1) is 14.9. The Kier molecular flexibility index (Phi) is 4.13. The average Bonchev–Trinajstić information content (AvgIpc) is 2.46. The largest absolute Gasteiger partial charge is 0.481 e. The number of ether oxygens (including phenoxy) is 1. The van der Waals surface area contributed by atoms with Crippen molar-refractivity contribution in [3.63, 3.8) is 0 Å². The quantitative estimate of drug-likeness (QED) is 0.863. The van der Waals surface area contributed by atoms with E-state index in [0.29, 0.717) is 16.7 Å². The number of methoxy groups -OCH3 is 1. The molecule has 21 heavy (non-hydrogen) atoms. The summed E-state index contributed by atoms with van der Waals surface area (Å²) in [5, 5.41) is 8.85. The van der Waals surface area contributed by atoms with E-state index < -0.39 is 11.7 Å². The molecule has 6 heteroatoms. The van der Waals surface area contributed by atoms with Gasteiger partial charge in [-0.15, -0.1) is 0 Å². The molecular weight excluding hydrogens is 281 g/mol. The highest BCUT2D eigenvalue weighted by Gasteiger charge is 2.30. The smallest absolute Gasteiger partial charge is 0.416 e. The summed E-state index contributed by atoms with van der Waals surface area (Å²) >= 11 is 0. The minimum Gasteiger partial charge on any atom is -0.481 e. The molecule has 0 unspecified atom stereocenters. The molecule has 1 aromatic heterocycles. The van der Waals surface area contributed by atoms with Gasteiger partial charge in [0.05, 0.1) is 25.2 Å². The molecule has 0 aliphatic heterocycles. The Balaban J connectivity index is 2.64. The highest BCUT2D eigenvalue weighted by atomic mass is 19.4. The zero-order valence-corrected chi connectivity index (χ0v) is 11.1. The maximum absolute atomic E-state index is 12.8. The molecule has 0 saturated carbocycles. The molecule has 1 aromatic carbocycles. The number of nitrogens with zero attached hydrogens (tertiary/aromatic N) is 2. The third kappa shape index (κ3) is 3.14. The number of halogens is 3. The Morgan fingerprint density at radius 2 is 2.05 bits per heavy atom. The molecule has 0 aliphatic rings. The van der Waals surface area contributed by atoms with Gasteiger partial charge in [0, 0.05) is 11.8 Å². The van der Waals surface area contributed by atoms with Crippen molar-refractivity contribution >= 4 is 0 Å². The molecule has 0 aliphatic carbocycles. The number of hydrogen-bond acceptors (Lipinski definition) is 3. The minimum atomic E-state index is -4.43. The van der Waals surface area contributed by atoms with E-state index >= 15 is 0 Å². The van der Waals surface area contributed by atoms with Gasteiger partial charge in [-0.05, 0) is 29.3 Å². The Morgan fingerprint density at radius 1 is 1.29 bits per heavy atom. The van der Waals surface area contributed by atoms with E-state index in [9.17, 15) is 13.2 Å². The van der Waals surface area contributed by atoms with E-state index in [0.717, 1.165) is 12.1 Å². The van der Waals surface area contributed by atoms with Gasteiger partial charge in [0.25, 0.3) is 0 Å². The fourth-order valence-corrected chi connectivity index (χ4v) is 2.03. The van der Waals surface area contributed by atoms with E-state index in [2.05, 4.69) is 4.98 Å². The van der Waals surface area contributed by atoms with Gasteiger partial charge in [0.2, 0.25) is 5.88 Å². The molecule has 0 amide bonds. The summed E-state index contributed by atoms with van der Waals surface area (Å²) < 4.78 is 43.6. The Morgan fingerprint density at radius 3 is 2.67 bits per heavy atom. The minimum absolute atomic E-state index is 0.0600. The summed E-state index contributed by atoms with van der Waals surface area (Å²) in [7, 11) is 1.38. The molecule has 3 nitrogen and oxygen atoms in total. The second-order valence-electron chi connectivity index (χ2n) is 4.27. The van der Waals surface area contributed by atoms with Crippen molar-refractivity contribution in [2.75, 3.05) is 7.11 Å². The Bertz CT molecular complexity index is 690. The summed E-state index contributed by atoms with van der Waals surface area (Å²) in [5.41, 5.74) is 0.546. The molecule has 0 fully saturated rings. The van der Waals surface area contributed by atoms with Crippen molar-refractivity contribution in [2.45, 2.75) is 12.6 Å². The van der Waals surface area contributed by atoms with Crippen LogP contribution in [-0.4, -0.2) is 12.1 Å². The summed E-state index contributed by atoms with van der Waals surface area (Å²) in [5.74, 6) is 0.196. The van der Waals surface area contributed by atoms with E-state index in [1.165, 1.54) is 25.4 Å². The van der Waals surface area contributed by atoms with Crippen molar-refractivity contribution in [1.82, 2.24) is 4.98 Å². The number of pyridine rings is 1. The topological polar surface area (TPSA) is 45.9 Å². The lowest BCUT2D eigenvalue weighted by atomic mass is 9.98. The highest BCUT2D eigenvalue weighted by Crippen LogP contribution is 2.36. The molecule has 0 N–H and O–H groups in total. The van der Waals surface area contributed by atoms with Crippen LogP contribution < -0.4 is 4.74 Å². The number of rotatable bonds is 3. The maximum atomic E-state index is 12.8. The standard InChI is InChI=1S/C15H11F3N2O/c1-21-14-13(10(5-7-19)6-8-20-14)11-3-2-4-12(9-11)15(16,17)18/h2-4,6,8-9H,5H2,1H3. The zero-order valence-electron chi connectivity index (χ0n) is 11.1. The van der Waals surface area contributed by atoms with Crippen LogP contribution in [-0.2, 0) is 12.6 Å². The van der Waals surface area contributed by atoms with Crippen LogP contribution in [0.3, 0.4) is 0 Å². The van der Waals surface area contributed by atoms with Crippen LogP contribution in [0.5, 0.6) is 5.88 Å². The van der Waals surface area contributed by atoms with Gasteiger partial charge in [-0.25, -0.2) is 4.98 Å². The van der Waals surface area contributed by atoms with Crippen molar-refractivity contribution in [1.29, 1.82) is 5.26 Å². The molecule has 0 saturated heterocycles. The van der Waals surface area contributed by atoms with Crippen molar-refractivity contribution < 1.29 is 17.9 Å². The number of nitriles is 1. The first-order valence-corrected chi connectivity index (χ1v) is 6.04. The third-order valence-electron chi connectivity index (χ3n) is 2.94. The van der Waals surface area contributed by atoms with E-state index in [1.54, 1.807) is 6.07 Å². The summed E-state index contributed by atoms with van der Waals surface area (Å²) in [6.45, 7) is 0. The SMILES string of the molecule is COc1nccc(CC#N)c1-c1cccc(C(F)(F)F)c1. The second-order valence-corrected chi connectivity index (χ2v) is 4.27. The van der Waals surface area contributed by atoms with Gasteiger partial charge in [-0.3, -0.25) is 0 Å². The van der Waals surface area contributed by atoms with E-state index in [-0.39, 0.29) is 12.3 Å². The van der Waals surface area contributed by atoms with E-state index in [1.807, 2.05) is 6.07 Å². The van der Waals surface area contributed by atoms with Crippen LogP contribution in [0.1, 0.15) is 11.1 Å². The summed E-state index contributed by atoms with van der Waals surface area (Å²) in [6, 6.07) is 8.47. The number of aromatic nitrogens is 1. The van der Waals surface area contributed by atoms with Crippen LogP contribution in [0, 0.1) is 11.3 Å². The third-order valence-corrected chi connectivity index (χ3v) is 2.94. The number of benzene rings is 1. The Labute approximate surface area is 119 Å². The molecule has 2 rings (SSSR count). The maximum Gasteiger partial charge on any atom is 0.416 e. The predicted molar refractivity (Wildman–Crippen MR) is 70.5 cm³/mol. The van der Waals surface area contributed by atoms with Crippen molar-refractivity contribution in [3.8, 4) is 23.1 Å². The van der Waals surface area contributed by atoms with Crippen LogP contribution in [0.15, 0.2) is 36.5 Å². The van der Waals surface area contributed by atoms with Crippen LogP contribution in [0.4, 0.5) is 13.2 Å². The van der Waals surface area contributed by atoms with Gasteiger partial charge in [-0.2, -0.15) is 18.4 Å². The fraction of sp³-hybridized carbons (Fsp3) is 0.200. The van der Waals surface area contributed by atoms with Crippen molar-refractivity contribution in [3.05, 3.63) is 47.7 Å². The van der Waals surface area contributed by atoms with Gasteiger partial charge < -0.3 is 4.74 Å². The first-order valence-electron chi connectivity index (χ1n) is 6.04. The molecule has 0 spiro atoms. The summed E-state index contributed by atoms with van der Waals surface area (Å²) in [6.07, 6.45) is -2.91. The Hall–Kier alpha value is -2.55.